The van der Waals surface area contributed by atoms with E-state index in [9.17, 15) is 9.59 Å². The third-order valence-electron chi connectivity index (χ3n) is 4.04. The van der Waals surface area contributed by atoms with Gasteiger partial charge in [-0.15, -0.1) is 0 Å². The Morgan fingerprint density at radius 1 is 0.864 bits per heavy atom. The molecule has 0 aliphatic carbocycles. The van der Waals surface area contributed by atoms with Gasteiger partial charge in [-0.05, 0) is 13.3 Å². The van der Waals surface area contributed by atoms with Crippen LogP contribution in [0.5, 0.6) is 0 Å². The monoisotopic (exact) mass is 313 g/mol. The maximum absolute atomic E-state index is 11.6. The number of carbonyl (C=O) groups excluding carboxylic acids is 1. The highest BCUT2D eigenvalue weighted by Gasteiger charge is 2.11. The Morgan fingerprint density at radius 3 is 1.77 bits per heavy atom. The lowest BCUT2D eigenvalue weighted by molar-refractivity contribution is -0.139. The number of ketones is 1. The van der Waals surface area contributed by atoms with Crippen LogP contribution in [0.25, 0.3) is 0 Å². The first-order chi connectivity index (χ1) is 10.6. The van der Waals surface area contributed by atoms with Gasteiger partial charge in [-0.2, -0.15) is 0 Å². The largest absolute Gasteiger partial charge is 0.480 e. The van der Waals surface area contributed by atoms with Crippen molar-refractivity contribution in [3.05, 3.63) is 0 Å². The van der Waals surface area contributed by atoms with E-state index in [1.807, 2.05) is 0 Å². The number of carbonyl (C=O) groups is 2. The molecule has 130 valence electrons. The molecular weight excluding hydrogens is 278 g/mol. The second-order valence-electron chi connectivity index (χ2n) is 6.27. The van der Waals surface area contributed by atoms with Gasteiger partial charge in [0.15, 0.2) is 0 Å². The van der Waals surface area contributed by atoms with Crippen molar-refractivity contribution in [3.63, 3.8) is 0 Å². The van der Waals surface area contributed by atoms with E-state index >= 15 is 0 Å². The topological polar surface area (TPSA) is 66.4 Å². The van der Waals surface area contributed by atoms with Gasteiger partial charge >= 0.3 is 5.97 Å². The quantitative estimate of drug-likeness (QED) is 0.416. The molecule has 22 heavy (non-hydrogen) atoms. The molecule has 0 saturated heterocycles. The van der Waals surface area contributed by atoms with Crippen LogP contribution in [0, 0.1) is 0 Å². The average molecular weight is 313 g/mol. The lowest BCUT2D eigenvalue weighted by Crippen LogP contribution is -2.37. The highest BCUT2D eigenvalue weighted by molar-refractivity contribution is 5.81. The second-order valence-corrected chi connectivity index (χ2v) is 6.27. The number of hydrogen-bond acceptors (Lipinski definition) is 3. The zero-order chi connectivity index (χ0) is 16.6. The Hall–Kier alpha value is -0.900. The molecule has 0 saturated carbocycles. The number of rotatable bonds is 16. The second kappa shape index (κ2) is 15.0. The smallest absolute Gasteiger partial charge is 0.320 e. The predicted octanol–water partition coefficient (Wildman–Crippen LogP) is 4.32. The molecule has 0 bridgehead atoms. The first kappa shape index (κ1) is 21.1. The van der Waals surface area contributed by atoms with Crippen LogP contribution >= 0.6 is 0 Å². The van der Waals surface area contributed by atoms with Gasteiger partial charge in [-0.1, -0.05) is 71.1 Å². The van der Waals surface area contributed by atoms with Crippen LogP contribution in [0.2, 0.25) is 0 Å². The average Bonchev–Trinajstić information content (AvgIpc) is 2.50. The van der Waals surface area contributed by atoms with Gasteiger partial charge in [0.05, 0.1) is 6.54 Å². The molecule has 1 atom stereocenters. The van der Waals surface area contributed by atoms with Gasteiger partial charge in [-0.3, -0.25) is 14.9 Å². The molecule has 0 aliphatic heterocycles. The molecule has 0 aromatic heterocycles. The molecule has 4 heteroatoms. The maximum atomic E-state index is 11.6. The first-order valence-electron chi connectivity index (χ1n) is 9.05. The Bertz CT molecular complexity index is 292. The summed E-state index contributed by atoms with van der Waals surface area (Å²) in [5.41, 5.74) is 0. The van der Waals surface area contributed by atoms with Crippen LogP contribution in [-0.4, -0.2) is 29.4 Å². The fraction of sp³-hybridized carbons (Fsp3) is 0.889. The van der Waals surface area contributed by atoms with Crippen LogP contribution in [0.1, 0.15) is 90.9 Å². The van der Waals surface area contributed by atoms with Crippen molar-refractivity contribution >= 4 is 11.8 Å². The van der Waals surface area contributed by atoms with Crippen molar-refractivity contribution in [1.82, 2.24) is 5.32 Å². The molecule has 0 aromatic rings. The molecule has 0 radical (unpaired) electrons. The molecule has 4 nitrogen and oxygen atoms in total. The Morgan fingerprint density at radius 2 is 1.32 bits per heavy atom. The van der Waals surface area contributed by atoms with E-state index in [1.54, 1.807) is 6.92 Å². The van der Waals surface area contributed by atoms with E-state index in [0.29, 0.717) is 6.42 Å². The number of carboxylic acid groups (broad SMARTS) is 1. The van der Waals surface area contributed by atoms with Crippen LogP contribution in [-0.2, 0) is 9.59 Å². The lowest BCUT2D eigenvalue weighted by atomic mass is 10.0. The fourth-order valence-corrected chi connectivity index (χ4v) is 2.43. The van der Waals surface area contributed by atoms with Crippen molar-refractivity contribution in [2.75, 3.05) is 6.54 Å². The van der Waals surface area contributed by atoms with Gasteiger partial charge in [0.1, 0.15) is 11.8 Å². The minimum absolute atomic E-state index is 0.115. The summed E-state index contributed by atoms with van der Waals surface area (Å²) in [5.74, 6) is -0.800. The Balaban J connectivity index is 3.25. The molecule has 0 aliphatic rings. The van der Waals surface area contributed by atoms with E-state index in [2.05, 4.69) is 12.2 Å². The summed E-state index contributed by atoms with van der Waals surface area (Å²) >= 11 is 0. The van der Waals surface area contributed by atoms with Crippen LogP contribution in [0.15, 0.2) is 0 Å². The summed E-state index contributed by atoms with van der Waals surface area (Å²) in [6.45, 7) is 3.97. The zero-order valence-corrected chi connectivity index (χ0v) is 14.5. The molecule has 0 amide bonds. The maximum Gasteiger partial charge on any atom is 0.320 e. The van der Waals surface area contributed by atoms with Gasteiger partial charge in [0, 0.05) is 6.42 Å². The molecule has 2 N–H and O–H groups in total. The number of unbranched alkanes of at least 4 members (excludes halogenated alkanes) is 10. The Labute approximate surface area is 136 Å². The van der Waals surface area contributed by atoms with E-state index in [-0.39, 0.29) is 12.3 Å². The van der Waals surface area contributed by atoms with Crippen LogP contribution in [0.4, 0.5) is 0 Å². The SMILES string of the molecule is CCCCCCCCCCCCCC(=O)CNC(C)C(=O)O. The van der Waals surface area contributed by atoms with Crippen molar-refractivity contribution in [2.24, 2.45) is 0 Å². The molecular formula is C18H35NO3. The molecule has 0 fully saturated rings. The third-order valence-corrected chi connectivity index (χ3v) is 4.04. The summed E-state index contributed by atoms with van der Waals surface area (Å²) < 4.78 is 0. The fourth-order valence-electron chi connectivity index (χ4n) is 2.43. The molecule has 0 rings (SSSR count). The summed E-state index contributed by atoms with van der Waals surface area (Å²) in [4.78, 5) is 22.2. The lowest BCUT2D eigenvalue weighted by Gasteiger charge is -2.08. The van der Waals surface area contributed by atoms with Crippen molar-refractivity contribution in [3.8, 4) is 0 Å². The van der Waals surface area contributed by atoms with Crippen LogP contribution in [0.3, 0.4) is 0 Å². The van der Waals surface area contributed by atoms with Gasteiger partial charge in [0.2, 0.25) is 0 Å². The number of Topliss-reactive ketones (excluding diaryl/α,β-unsaturated/α-hetero) is 1. The standard InChI is InChI=1S/C18H35NO3/c1-3-4-5-6-7-8-9-10-11-12-13-14-17(20)15-19-16(2)18(21)22/h16,19H,3-15H2,1-2H3,(H,21,22). The van der Waals surface area contributed by atoms with Crippen molar-refractivity contribution in [1.29, 1.82) is 0 Å². The normalized spacial score (nSPS) is 12.3. The van der Waals surface area contributed by atoms with E-state index < -0.39 is 12.0 Å². The van der Waals surface area contributed by atoms with E-state index in [0.717, 1.165) is 12.8 Å². The number of carboxylic acids is 1. The molecule has 0 aromatic carbocycles. The van der Waals surface area contributed by atoms with Gasteiger partial charge in [0.25, 0.3) is 0 Å². The zero-order valence-electron chi connectivity index (χ0n) is 14.5. The molecule has 1 unspecified atom stereocenters. The van der Waals surface area contributed by atoms with Crippen molar-refractivity contribution < 1.29 is 14.7 Å². The summed E-state index contributed by atoms with van der Waals surface area (Å²) in [5, 5.41) is 11.4. The van der Waals surface area contributed by atoms with Gasteiger partial charge < -0.3 is 5.11 Å². The summed E-state index contributed by atoms with van der Waals surface area (Å²) in [6, 6.07) is -0.652. The van der Waals surface area contributed by atoms with Gasteiger partial charge in [-0.25, -0.2) is 0 Å². The van der Waals surface area contributed by atoms with Crippen molar-refractivity contribution in [2.45, 2.75) is 96.9 Å². The number of hydrogen-bond donors (Lipinski definition) is 2. The Kier molecular flexibility index (Phi) is 14.4. The number of nitrogens with one attached hydrogen (secondary N) is 1. The summed E-state index contributed by atoms with van der Waals surface area (Å²) in [6.07, 6.45) is 14.6. The summed E-state index contributed by atoms with van der Waals surface area (Å²) in [7, 11) is 0. The molecule has 0 heterocycles. The van der Waals surface area contributed by atoms with E-state index in [1.165, 1.54) is 57.8 Å². The first-order valence-corrected chi connectivity index (χ1v) is 9.05. The van der Waals surface area contributed by atoms with Crippen LogP contribution < -0.4 is 5.32 Å². The minimum Gasteiger partial charge on any atom is -0.480 e. The highest BCUT2D eigenvalue weighted by atomic mass is 16.4. The molecule has 0 spiro atoms. The minimum atomic E-state index is -0.914. The number of aliphatic carboxylic acids is 1. The predicted molar refractivity (Wildman–Crippen MR) is 91.2 cm³/mol. The highest BCUT2D eigenvalue weighted by Crippen LogP contribution is 2.11. The third kappa shape index (κ3) is 14.1. The van der Waals surface area contributed by atoms with E-state index in [4.69, 9.17) is 5.11 Å².